The summed E-state index contributed by atoms with van der Waals surface area (Å²) < 4.78 is 6.05. The number of nitrogen functional groups attached to an aromatic ring is 1. The van der Waals surface area contributed by atoms with Crippen molar-refractivity contribution < 1.29 is 9.53 Å². The first kappa shape index (κ1) is 14.9. The summed E-state index contributed by atoms with van der Waals surface area (Å²) in [4.78, 5) is 13.8. The number of carbonyl (C=O) groups excluding carboxylic acids is 1. The number of ether oxygens (including phenoxy) is 1. The molecule has 5 heteroatoms. The van der Waals surface area contributed by atoms with Crippen LogP contribution < -0.4 is 5.73 Å². The van der Waals surface area contributed by atoms with Crippen LogP contribution in [0.2, 0.25) is 0 Å². The zero-order valence-electron chi connectivity index (χ0n) is 10.9. The van der Waals surface area contributed by atoms with Gasteiger partial charge in [-0.2, -0.15) is 0 Å². The van der Waals surface area contributed by atoms with Crippen LogP contribution in [0.4, 0.5) is 5.69 Å². The molecule has 0 atom stereocenters. The molecular formula is C15H14BrNO2S. The standard InChI is InChI=1S/C15H14BrNO2S/c1-2-19-15(18)11-9-10(17)7-8-13(11)20-14-6-4-3-5-12(14)16/h3-9H,2,17H2,1H3. The van der Waals surface area contributed by atoms with Gasteiger partial charge in [0.15, 0.2) is 0 Å². The van der Waals surface area contributed by atoms with Crippen molar-refractivity contribution in [3.8, 4) is 0 Å². The lowest BCUT2D eigenvalue weighted by Gasteiger charge is -2.10. The lowest BCUT2D eigenvalue weighted by atomic mass is 10.2. The molecule has 0 amide bonds. The number of nitrogens with two attached hydrogens (primary N) is 1. The summed E-state index contributed by atoms with van der Waals surface area (Å²) in [6, 6.07) is 13.1. The molecule has 0 bridgehead atoms. The van der Waals surface area contributed by atoms with Gasteiger partial charge in [-0.15, -0.1) is 0 Å². The molecule has 0 aliphatic rings. The third-order valence-corrected chi connectivity index (χ3v) is 4.66. The summed E-state index contributed by atoms with van der Waals surface area (Å²) in [6.07, 6.45) is 0. The Hall–Kier alpha value is -1.46. The molecule has 3 nitrogen and oxygen atoms in total. The minimum atomic E-state index is -0.352. The van der Waals surface area contributed by atoms with E-state index in [0.29, 0.717) is 17.9 Å². The second-order valence-corrected chi connectivity index (χ2v) is 5.95. The molecule has 2 rings (SSSR count). The first-order valence-electron chi connectivity index (χ1n) is 6.11. The highest BCUT2D eigenvalue weighted by Gasteiger charge is 2.14. The Morgan fingerprint density at radius 3 is 2.70 bits per heavy atom. The van der Waals surface area contributed by atoms with E-state index < -0.39 is 0 Å². The molecule has 2 N–H and O–H groups in total. The molecule has 0 radical (unpaired) electrons. The Kier molecular flexibility index (Phi) is 5.09. The summed E-state index contributed by atoms with van der Waals surface area (Å²) in [5.41, 5.74) is 6.80. The molecule has 104 valence electrons. The number of rotatable bonds is 4. The van der Waals surface area contributed by atoms with Gasteiger partial charge in [0.05, 0.1) is 12.2 Å². The summed E-state index contributed by atoms with van der Waals surface area (Å²) in [6.45, 7) is 2.12. The average molecular weight is 352 g/mol. The van der Waals surface area contributed by atoms with Crippen molar-refractivity contribution in [2.24, 2.45) is 0 Å². The minimum absolute atomic E-state index is 0.340. The minimum Gasteiger partial charge on any atom is -0.462 e. The quantitative estimate of drug-likeness (QED) is 0.656. The third kappa shape index (κ3) is 3.55. The molecular weight excluding hydrogens is 338 g/mol. The molecule has 0 aromatic heterocycles. The third-order valence-electron chi connectivity index (χ3n) is 2.56. The molecule has 0 spiro atoms. The Balaban J connectivity index is 2.36. The maximum Gasteiger partial charge on any atom is 0.339 e. The molecule has 0 fully saturated rings. The SMILES string of the molecule is CCOC(=O)c1cc(N)ccc1Sc1ccccc1Br. The summed E-state index contributed by atoms with van der Waals surface area (Å²) in [5.74, 6) is -0.352. The van der Waals surface area contributed by atoms with E-state index in [-0.39, 0.29) is 5.97 Å². The average Bonchev–Trinajstić information content (AvgIpc) is 2.43. The van der Waals surface area contributed by atoms with Crippen molar-refractivity contribution in [1.82, 2.24) is 0 Å². The van der Waals surface area contributed by atoms with Crippen molar-refractivity contribution in [2.45, 2.75) is 16.7 Å². The topological polar surface area (TPSA) is 52.3 Å². The van der Waals surface area contributed by atoms with Crippen LogP contribution in [0, 0.1) is 0 Å². The molecule has 2 aromatic carbocycles. The Morgan fingerprint density at radius 2 is 2.00 bits per heavy atom. The van der Waals surface area contributed by atoms with E-state index >= 15 is 0 Å². The number of esters is 1. The molecule has 0 saturated carbocycles. The van der Waals surface area contributed by atoms with Crippen molar-refractivity contribution in [1.29, 1.82) is 0 Å². The number of hydrogen-bond donors (Lipinski definition) is 1. The van der Waals surface area contributed by atoms with Gasteiger partial charge in [0, 0.05) is 20.0 Å². The lowest BCUT2D eigenvalue weighted by Crippen LogP contribution is -2.07. The fraction of sp³-hybridized carbons (Fsp3) is 0.133. The van der Waals surface area contributed by atoms with Crippen LogP contribution in [-0.4, -0.2) is 12.6 Å². The van der Waals surface area contributed by atoms with Gasteiger partial charge in [0.2, 0.25) is 0 Å². The fourth-order valence-corrected chi connectivity index (χ4v) is 3.12. The van der Waals surface area contributed by atoms with Crippen LogP contribution in [0.1, 0.15) is 17.3 Å². The highest BCUT2D eigenvalue weighted by molar-refractivity contribution is 9.10. The summed E-state index contributed by atoms with van der Waals surface area (Å²) in [5, 5.41) is 0. The van der Waals surface area contributed by atoms with Crippen molar-refractivity contribution in [2.75, 3.05) is 12.3 Å². The van der Waals surface area contributed by atoms with E-state index in [4.69, 9.17) is 10.5 Å². The van der Waals surface area contributed by atoms with Crippen molar-refractivity contribution in [3.63, 3.8) is 0 Å². The van der Waals surface area contributed by atoms with E-state index in [2.05, 4.69) is 15.9 Å². The van der Waals surface area contributed by atoms with E-state index in [1.165, 1.54) is 11.8 Å². The zero-order chi connectivity index (χ0) is 14.5. The molecule has 0 heterocycles. The number of halogens is 1. The number of hydrogen-bond acceptors (Lipinski definition) is 4. The molecule has 20 heavy (non-hydrogen) atoms. The lowest BCUT2D eigenvalue weighted by molar-refractivity contribution is 0.0522. The molecule has 0 saturated heterocycles. The molecule has 2 aromatic rings. The van der Waals surface area contributed by atoms with Crippen LogP contribution in [-0.2, 0) is 4.74 Å². The van der Waals surface area contributed by atoms with E-state index in [0.717, 1.165) is 14.3 Å². The normalized spacial score (nSPS) is 10.3. The van der Waals surface area contributed by atoms with Gasteiger partial charge in [0.1, 0.15) is 0 Å². The fourth-order valence-electron chi connectivity index (χ4n) is 1.65. The first-order chi connectivity index (χ1) is 9.61. The van der Waals surface area contributed by atoms with Gasteiger partial charge in [-0.25, -0.2) is 4.79 Å². The van der Waals surface area contributed by atoms with Gasteiger partial charge in [0.25, 0.3) is 0 Å². The highest BCUT2D eigenvalue weighted by atomic mass is 79.9. The highest BCUT2D eigenvalue weighted by Crippen LogP contribution is 2.36. The maximum atomic E-state index is 12.0. The van der Waals surface area contributed by atoms with E-state index in [1.54, 1.807) is 19.1 Å². The van der Waals surface area contributed by atoms with Crippen LogP contribution >= 0.6 is 27.7 Å². The van der Waals surface area contributed by atoms with Crippen LogP contribution in [0.3, 0.4) is 0 Å². The van der Waals surface area contributed by atoms with Crippen LogP contribution in [0.15, 0.2) is 56.7 Å². The molecule has 0 aliphatic heterocycles. The Bertz CT molecular complexity index is 631. The monoisotopic (exact) mass is 351 g/mol. The van der Waals surface area contributed by atoms with E-state index in [1.807, 2.05) is 30.3 Å². The van der Waals surface area contributed by atoms with Gasteiger partial charge in [-0.05, 0) is 53.2 Å². The zero-order valence-corrected chi connectivity index (χ0v) is 13.3. The summed E-state index contributed by atoms with van der Waals surface area (Å²) >= 11 is 5.00. The van der Waals surface area contributed by atoms with Gasteiger partial charge >= 0.3 is 5.97 Å². The van der Waals surface area contributed by atoms with Crippen molar-refractivity contribution in [3.05, 3.63) is 52.5 Å². The maximum absolute atomic E-state index is 12.0. The second-order valence-electron chi connectivity index (χ2n) is 4.01. The second kappa shape index (κ2) is 6.81. The largest absolute Gasteiger partial charge is 0.462 e. The number of benzene rings is 2. The van der Waals surface area contributed by atoms with Gasteiger partial charge in [-0.3, -0.25) is 0 Å². The van der Waals surface area contributed by atoms with Crippen molar-refractivity contribution >= 4 is 39.3 Å². The van der Waals surface area contributed by atoms with Crippen LogP contribution in [0.5, 0.6) is 0 Å². The number of carbonyl (C=O) groups is 1. The molecule has 0 unspecified atom stereocenters. The Labute approximate surface area is 130 Å². The smallest absolute Gasteiger partial charge is 0.339 e. The predicted molar refractivity (Wildman–Crippen MR) is 85.1 cm³/mol. The van der Waals surface area contributed by atoms with Gasteiger partial charge < -0.3 is 10.5 Å². The first-order valence-corrected chi connectivity index (χ1v) is 7.71. The summed E-state index contributed by atoms with van der Waals surface area (Å²) in [7, 11) is 0. The number of anilines is 1. The van der Waals surface area contributed by atoms with E-state index in [9.17, 15) is 4.79 Å². The molecule has 0 aliphatic carbocycles. The van der Waals surface area contributed by atoms with Gasteiger partial charge in [-0.1, -0.05) is 23.9 Å². The Morgan fingerprint density at radius 1 is 1.25 bits per heavy atom. The van der Waals surface area contributed by atoms with Crippen LogP contribution in [0.25, 0.3) is 0 Å². The predicted octanol–water partition coefficient (Wildman–Crippen LogP) is 4.36.